The molecule has 152 valence electrons. The largest absolute Gasteiger partial charge is 0.494 e. The Bertz CT molecular complexity index is 890. The molecule has 0 saturated carbocycles. The van der Waals surface area contributed by atoms with Crippen LogP contribution in [0.1, 0.15) is 32.3 Å². The first kappa shape index (κ1) is 20.5. The van der Waals surface area contributed by atoms with Gasteiger partial charge in [0.05, 0.1) is 18.9 Å². The third-order valence-electron chi connectivity index (χ3n) is 4.53. The zero-order chi connectivity index (χ0) is 20.6. The lowest BCUT2D eigenvalue weighted by atomic mass is 10.2. The molecule has 1 heterocycles. The van der Waals surface area contributed by atoms with Crippen LogP contribution in [0.4, 0.5) is 11.4 Å². The van der Waals surface area contributed by atoms with Crippen molar-refractivity contribution in [1.82, 2.24) is 0 Å². The van der Waals surface area contributed by atoms with Gasteiger partial charge < -0.3 is 19.7 Å². The molecule has 0 unspecified atom stereocenters. The molecule has 0 spiro atoms. The van der Waals surface area contributed by atoms with Crippen molar-refractivity contribution in [3.8, 4) is 11.5 Å². The van der Waals surface area contributed by atoms with Gasteiger partial charge in [0, 0.05) is 30.8 Å². The van der Waals surface area contributed by atoms with E-state index < -0.39 is 0 Å². The van der Waals surface area contributed by atoms with E-state index in [1.54, 1.807) is 23.1 Å². The first-order valence-electron chi connectivity index (χ1n) is 9.90. The van der Waals surface area contributed by atoms with Gasteiger partial charge in [0.2, 0.25) is 11.8 Å². The first-order valence-corrected chi connectivity index (χ1v) is 9.90. The standard InChI is InChI=1S/C23H26N2O4/c1-3-28-19-12-13-21(29-4-2)20(16-19)24-22(26)14-9-17-7-10-18(11-8-17)25-15-5-6-23(25)27/h7-14,16H,3-6,15H2,1-2H3,(H,24,26)/b14-9+. The quantitative estimate of drug-likeness (QED) is 0.679. The van der Waals surface area contributed by atoms with E-state index in [0.717, 1.165) is 24.2 Å². The number of nitrogens with one attached hydrogen (secondary N) is 1. The minimum absolute atomic E-state index is 0.159. The number of ether oxygens (including phenoxy) is 2. The second kappa shape index (κ2) is 9.78. The number of nitrogens with zero attached hydrogens (tertiary/aromatic N) is 1. The number of amides is 2. The number of benzene rings is 2. The van der Waals surface area contributed by atoms with E-state index in [0.29, 0.717) is 36.8 Å². The van der Waals surface area contributed by atoms with Crippen LogP contribution in [-0.4, -0.2) is 31.6 Å². The number of carbonyl (C=O) groups is 2. The molecule has 1 saturated heterocycles. The van der Waals surface area contributed by atoms with E-state index in [2.05, 4.69) is 5.32 Å². The molecule has 0 aromatic heterocycles. The average molecular weight is 394 g/mol. The summed E-state index contributed by atoms with van der Waals surface area (Å²) >= 11 is 0. The zero-order valence-corrected chi connectivity index (χ0v) is 16.8. The Kier molecular flexibility index (Phi) is 6.89. The number of hydrogen-bond donors (Lipinski definition) is 1. The summed E-state index contributed by atoms with van der Waals surface area (Å²) in [6.07, 6.45) is 4.71. The maximum Gasteiger partial charge on any atom is 0.248 e. The molecule has 2 aromatic carbocycles. The molecular formula is C23H26N2O4. The second-order valence-corrected chi connectivity index (χ2v) is 6.59. The van der Waals surface area contributed by atoms with Gasteiger partial charge in [0.15, 0.2) is 0 Å². The fourth-order valence-corrected chi connectivity index (χ4v) is 3.18. The van der Waals surface area contributed by atoms with Crippen LogP contribution in [0.2, 0.25) is 0 Å². The maximum absolute atomic E-state index is 12.4. The van der Waals surface area contributed by atoms with Crippen LogP contribution in [0.15, 0.2) is 48.5 Å². The molecule has 0 radical (unpaired) electrons. The predicted octanol–water partition coefficient (Wildman–Crippen LogP) is 4.26. The fraction of sp³-hybridized carbons (Fsp3) is 0.304. The Morgan fingerprint density at radius 3 is 2.52 bits per heavy atom. The van der Waals surface area contributed by atoms with Gasteiger partial charge in [-0.05, 0) is 56.2 Å². The SMILES string of the molecule is CCOc1ccc(OCC)c(NC(=O)/C=C/c2ccc(N3CCCC3=O)cc2)c1. The molecule has 1 N–H and O–H groups in total. The molecule has 0 aliphatic carbocycles. The third kappa shape index (κ3) is 5.38. The van der Waals surface area contributed by atoms with Crippen molar-refractivity contribution in [3.05, 3.63) is 54.1 Å². The molecule has 29 heavy (non-hydrogen) atoms. The van der Waals surface area contributed by atoms with E-state index in [1.807, 2.05) is 44.2 Å². The first-order chi connectivity index (χ1) is 14.1. The van der Waals surface area contributed by atoms with E-state index in [1.165, 1.54) is 6.08 Å². The van der Waals surface area contributed by atoms with Crippen molar-refractivity contribution in [2.24, 2.45) is 0 Å². The predicted molar refractivity (Wildman–Crippen MR) is 114 cm³/mol. The third-order valence-corrected chi connectivity index (χ3v) is 4.53. The van der Waals surface area contributed by atoms with Gasteiger partial charge in [-0.2, -0.15) is 0 Å². The molecule has 0 atom stereocenters. The molecule has 3 rings (SSSR count). The van der Waals surface area contributed by atoms with Gasteiger partial charge in [-0.1, -0.05) is 12.1 Å². The van der Waals surface area contributed by atoms with Gasteiger partial charge in [-0.3, -0.25) is 9.59 Å². The lowest BCUT2D eigenvalue weighted by Crippen LogP contribution is -2.23. The minimum Gasteiger partial charge on any atom is -0.494 e. The molecule has 6 heteroatoms. The van der Waals surface area contributed by atoms with Crippen LogP contribution in [0.5, 0.6) is 11.5 Å². The Morgan fingerprint density at radius 2 is 1.86 bits per heavy atom. The summed E-state index contributed by atoms with van der Waals surface area (Å²) in [5.74, 6) is 1.16. The Morgan fingerprint density at radius 1 is 1.10 bits per heavy atom. The Labute approximate surface area is 171 Å². The highest BCUT2D eigenvalue weighted by atomic mass is 16.5. The summed E-state index contributed by atoms with van der Waals surface area (Å²) in [6.45, 7) is 5.60. The van der Waals surface area contributed by atoms with E-state index >= 15 is 0 Å². The van der Waals surface area contributed by atoms with Crippen molar-refractivity contribution in [3.63, 3.8) is 0 Å². The highest BCUT2D eigenvalue weighted by Crippen LogP contribution is 2.29. The van der Waals surface area contributed by atoms with Crippen LogP contribution < -0.4 is 19.7 Å². The summed E-state index contributed by atoms with van der Waals surface area (Å²) in [5, 5.41) is 2.84. The molecule has 2 amide bonds. The lowest BCUT2D eigenvalue weighted by Gasteiger charge is -2.15. The Hall–Kier alpha value is -3.28. The summed E-state index contributed by atoms with van der Waals surface area (Å²) < 4.78 is 11.1. The molecular weight excluding hydrogens is 368 g/mol. The normalized spacial score (nSPS) is 13.7. The van der Waals surface area contributed by atoms with E-state index in [9.17, 15) is 9.59 Å². The van der Waals surface area contributed by atoms with Gasteiger partial charge >= 0.3 is 0 Å². The van der Waals surface area contributed by atoms with Gasteiger partial charge in [0.25, 0.3) is 0 Å². The second-order valence-electron chi connectivity index (χ2n) is 6.59. The summed E-state index contributed by atoms with van der Waals surface area (Å²) in [5.41, 5.74) is 2.34. The van der Waals surface area contributed by atoms with Crippen molar-refractivity contribution in [2.45, 2.75) is 26.7 Å². The highest BCUT2D eigenvalue weighted by Gasteiger charge is 2.21. The van der Waals surface area contributed by atoms with Crippen molar-refractivity contribution in [2.75, 3.05) is 30.0 Å². The van der Waals surface area contributed by atoms with Crippen LogP contribution >= 0.6 is 0 Å². The molecule has 1 fully saturated rings. The fourth-order valence-electron chi connectivity index (χ4n) is 3.18. The number of anilines is 2. The number of hydrogen-bond acceptors (Lipinski definition) is 4. The van der Waals surface area contributed by atoms with Crippen molar-refractivity contribution < 1.29 is 19.1 Å². The van der Waals surface area contributed by atoms with Gasteiger partial charge in [-0.15, -0.1) is 0 Å². The summed E-state index contributed by atoms with van der Waals surface area (Å²) in [7, 11) is 0. The number of rotatable bonds is 8. The van der Waals surface area contributed by atoms with E-state index in [4.69, 9.17) is 9.47 Å². The van der Waals surface area contributed by atoms with Crippen molar-refractivity contribution >= 4 is 29.3 Å². The molecule has 0 bridgehead atoms. The van der Waals surface area contributed by atoms with Crippen LogP contribution in [-0.2, 0) is 9.59 Å². The summed E-state index contributed by atoms with van der Waals surface area (Å²) in [6, 6.07) is 12.9. The smallest absolute Gasteiger partial charge is 0.248 e. The van der Waals surface area contributed by atoms with Gasteiger partial charge in [-0.25, -0.2) is 0 Å². The van der Waals surface area contributed by atoms with Crippen LogP contribution in [0.25, 0.3) is 6.08 Å². The highest BCUT2D eigenvalue weighted by molar-refractivity contribution is 6.03. The lowest BCUT2D eigenvalue weighted by molar-refractivity contribution is -0.117. The zero-order valence-electron chi connectivity index (χ0n) is 16.8. The summed E-state index contributed by atoms with van der Waals surface area (Å²) in [4.78, 5) is 26.0. The maximum atomic E-state index is 12.4. The van der Waals surface area contributed by atoms with Crippen LogP contribution in [0.3, 0.4) is 0 Å². The van der Waals surface area contributed by atoms with E-state index in [-0.39, 0.29) is 11.8 Å². The Balaban J connectivity index is 1.66. The average Bonchev–Trinajstić information content (AvgIpc) is 3.15. The van der Waals surface area contributed by atoms with Gasteiger partial charge in [0.1, 0.15) is 11.5 Å². The molecule has 2 aromatic rings. The van der Waals surface area contributed by atoms with Crippen molar-refractivity contribution in [1.29, 1.82) is 0 Å². The minimum atomic E-state index is -0.265. The monoisotopic (exact) mass is 394 g/mol. The number of carbonyl (C=O) groups excluding carboxylic acids is 2. The topological polar surface area (TPSA) is 67.9 Å². The molecule has 6 nitrogen and oxygen atoms in total. The van der Waals surface area contributed by atoms with Crippen LogP contribution in [0, 0.1) is 0 Å². The molecule has 1 aliphatic rings. The molecule has 1 aliphatic heterocycles.